The van der Waals surface area contributed by atoms with E-state index in [1.165, 1.54) is 4.90 Å². The van der Waals surface area contributed by atoms with Crippen molar-refractivity contribution in [2.24, 2.45) is 0 Å². The standard InChI is InChI=1S/C28H23NO5/c1-3-33-20-14-12-19(13-15-20)29-25(21-10-6-4-8-17(21)2)24(27(31)28(29)32)26(30)23-16-18-9-5-7-11-22(18)34-23/h4-16,25,31H,3H2,1-2H3. The van der Waals surface area contributed by atoms with Crippen LogP contribution in [0.15, 0.2) is 94.6 Å². The molecule has 1 aliphatic rings. The summed E-state index contributed by atoms with van der Waals surface area (Å²) in [6.07, 6.45) is 0. The smallest absolute Gasteiger partial charge is 0.294 e. The number of ether oxygens (including phenoxy) is 1. The normalized spacial score (nSPS) is 15.9. The maximum Gasteiger partial charge on any atom is 0.294 e. The number of carbonyl (C=O) groups is 2. The molecule has 1 amide bonds. The van der Waals surface area contributed by atoms with Gasteiger partial charge in [-0.1, -0.05) is 42.5 Å². The van der Waals surface area contributed by atoms with Gasteiger partial charge in [0, 0.05) is 11.1 Å². The summed E-state index contributed by atoms with van der Waals surface area (Å²) >= 11 is 0. The van der Waals surface area contributed by atoms with Crippen LogP contribution in [0.4, 0.5) is 5.69 Å². The van der Waals surface area contributed by atoms with Crippen LogP contribution in [0.3, 0.4) is 0 Å². The van der Waals surface area contributed by atoms with Crippen molar-refractivity contribution in [3.05, 3.63) is 107 Å². The lowest BCUT2D eigenvalue weighted by molar-refractivity contribution is -0.117. The number of nitrogens with zero attached hydrogens (tertiary/aromatic N) is 1. The molecule has 5 rings (SSSR count). The van der Waals surface area contributed by atoms with Gasteiger partial charge in [0.25, 0.3) is 5.91 Å². The molecule has 0 spiro atoms. The minimum Gasteiger partial charge on any atom is -0.503 e. The van der Waals surface area contributed by atoms with Crippen LogP contribution < -0.4 is 9.64 Å². The van der Waals surface area contributed by atoms with Crippen molar-refractivity contribution in [1.82, 2.24) is 0 Å². The zero-order valence-corrected chi connectivity index (χ0v) is 18.8. The molecule has 0 saturated carbocycles. The van der Waals surface area contributed by atoms with Crippen molar-refractivity contribution < 1.29 is 23.8 Å². The van der Waals surface area contributed by atoms with Gasteiger partial charge in [-0.15, -0.1) is 0 Å². The third-order valence-electron chi connectivity index (χ3n) is 6.01. The summed E-state index contributed by atoms with van der Waals surface area (Å²) in [5, 5.41) is 11.7. The number of carbonyl (C=O) groups excluding carboxylic acids is 2. The van der Waals surface area contributed by atoms with Crippen molar-refractivity contribution in [2.45, 2.75) is 19.9 Å². The first-order valence-electron chi connectivity index (χ1n) is 11.1. The Morgan fingerprint density at radius 3 is 2.44 bits per heavy atom. The molecule has 0 bridgehead atoms. The van der Waals surface area contributed by atoms with Gasteiger partial charge in [-0.25, -0.2) is 0 Å². The summed E-state index contributed by atoms with van der Waals surface area (Å²) in [6.45, 7) is 4.32. The van der Waals surface area contributed by atoms with Crippen LogP contribution in [0.1, 0.15) is 34.6 Å². The number of Topliss-reactive ketones (excluding diaryl/α,β-unsaturated/α-hetero) is 1. The Bertz CT molecular complexity index is 1400. The number of benzene rings is 3. The number of aliphatic hydroxyl groups is 1. The largest absolute Gasteiger partial charge is 0.503 e. The average Bonchev–Trinajstić information content (AvgIpc) is 3.39. The fourth-order valence-electron chi connectivity index (χ4n) is 4.39. The molecule has 6 nitrogen and oxygen atoms in total. The predicted molar refractivity (Wildman–Crippen MR) is 129 cm³/mol. The zero-order valence-electron chi connectivity index (χ0n) is 18.8. The van der Waals surface area contributed by atoms with E-state index in [0.29, 0.717) is 23.6 Å². The lowest BCUT2D eigenvalue weighted by atomic mass is 9.92. The first-order chi connectivity index (χ1) is 16.5. The molecule has 1 aliphatic heterocycles. The van der Waals surface area contributed by atoms with Gasteiger partial charge in [-0.05, 0) is 61.4 Å². The molecule has 2 heterocycles. The fourth-order valence-corrected chi connectivity index (χ4v) is 4.39. The molecule has 0 saturated heterocycles. The van der Waals surface area contributed by atoms with Gasteiger partial charge in [-0.2, -0.15) is 0 Å². The second kappa shape index (κ2) is 8.56. The first-order valence-corrected chi connectivity index (χ1v) is 11.1. The third-order valence-corrected chi connectivity index (χ3v) is 6.01. The molecule has 6 heteroatoms. The number of furan rings is 1. The van der Waals surface area contributed by atoms with Crippen LogP contribution in [-0.4, -0.2) is 23.4 Å². The molecule has 4 aromatic rings. The van der Waals surface area contributed by atoms with E-state index in [1.807, 2.05) is 56.3 Å². The lowest BCUT2D eigenvalue weighted by Gasteiger charge is -2.28. The van der Waals surface area contributed by atoms with E-state index in [4.69, 9.17) is 9.15 Å². The number of rotatable bonds is 6. The van der Waals surface area contributed by atoms with Crippen LogP contribution >= 0.6 is 0 Å². The Labute approximate surface area is 196 Å². The maximum atomic E-state index is 13.7. The molecule has 0 radical (unpaired) electrons. The van der Waals surface area contributed by atoms with Crippen LogP contribution in [0.2, 0.25) is 0 Å². The number of amides is 1. The summed E-state index contributed by atoms with van der Waals surface area (Å²) in [4.78, 5) is 28.5. The van der Waals surface area contributed by atoms with Gasteiger partial charge in [0.05, 0.1) is 18.2 Å². The summed E-state index contributed by atoms with van der Waals surface area (Å²) in [6, 6.07) is 22.6. The molecule has 1 atom stereocenters. The Kier molecular flexibility index (Phi) is 5.42. The molecule has 0 aliphatic carbocycles. The SMILES string of the molecule is CCOc1ccc(N2C(=O)C(O)=C(C(=O)c3cc4ccccc4o3)C2c2ccccc2C)cc1. The predicted octanol–water partition coefficient (Wildman–Crippen LogP) is 5.92. The van der Waals surface area contributed by atoms with Gasteiger partial charge in [0.1, 0.15) is 11.3 Å². The van der Waals surface area contributed by atoms with Crippen LogP contribution in [0.5, 0.6) is 5.75 Å². The third kappa shape index (κ3) is 3.53. The van der Waals surface area contributed by atoms with E-state index in [1.54, 1.807) is 36.4 Å². The quantitative estimate of drug-likeness (QED) is 0.367. The highest BCUT2D eigenvalue weighted by molar-refractivity contribution is 6.20. The summed E-state index contributed by atoms with van der Waals surface area (Å²) in [7, 11) is 0. The number of hydrogen-bond donors (Lipinski definition) is 1. The van der Waals surface area contributed by atoms with Gasteiger partial charge in [0.2, 0.25) is 5.78 Å². The van der Waals surface area contributed by atoms with E-state index in [2.05, 4.69) is 0 Å². The highest BCUT2D eigenvalue weighted by Gasteiger charge is 2.45. The number of fused-ring (bicyclic) bond motifs is 1. The van der Waals surface area contributed by atoms with Crippen LogP contribution in [0, 0.1) is 6.92 Å². The number of para-hydroxylation sites is 1. The molecule has 1 aromatic heterocycles. The van der Waals surface area contributed by atoms with Crippen molar-refractivity contribution in [1.29, 1.82) is 0 Å². The molecular formula is C28H23NO5. The Balaban J connectivity index is 1.64. The monoisotopic (exact) mass is 453 g/mol. The lowest BCUT2D eigenvalue weighted by Crippen LogP contribution is -2.31. The molecule has 3 aromatic carbocycles. The number of aliphatic hydroxyl groups excluding tert-OH is 1. The van der Waals surface area contributed by atoms with E-state index in [0.717, 1.165) is 16.5 Å². The number of aryl methyl sites for hydroxylation is 1. The minimum absolute atomic E-state index is 0.00718. The van der Waals surface area contributed by atoms with Gasteiger partial charge >= 0.3 is 0 Å². The molecule has 170 valence electrons. The highest BCUT2D eigenvalue weighted by atomic mass is 16.5. The van der Waals surface area contributed by atoms with Crippen molar-refractivity contribution in [2.75, 3.05) is 11.5 Å². The van der Waals surface area contributed by atoms with Gasteiger partial charge < -0.3 is 14.3 Å². The topological polar surface area (TPSA) is 80.0 Å². The molecule has 1 N–H and O–H groups in total. The number of ketones is 1. The molecular weight excluding hydrogens is 430 g/mol. The number of anilines is 1. The Morgan fingerprint density at radius 2 is 1.74 bits per heavy atom. The van der Waals surface area contributed by atoms with E-state index >= 15 is 0 Å². The summed E-state index contributed by atoms with van der Waals surface area (Å²) in [5.74, 6) is -1.00. The van der Waals surface area contributed by atoms with Crippen molar-refractivity contribution in [3.63, 3.8) is 0 Å². The van der Waals surface area contributed by atoms with E-state index in [9.17, 15) is 14.7 Å². The second-order valence-electron chi connectivity index (χ2n) is 8.10. The number of hydrogen-bond acceptors (Lipinski definition) is 5. The van der Waals surface area contributed by atoms with Gasteiger partial charge in [0.15, 0.2) is 11.5 Å². The Morgan fingerprint density at radius 1 is 1.03 bits per heavy atom. The van der Waals surface area contributed by atoms with Crippen molar-refractivity contribution in [3.8, 4) is 5.75 Å². The minimum atomic E-state index is -0.813. The van der Waals surface area contributed by atoms with Gasteiger partial charge in [-0.3, -0.25) is 14.5 Å². The van der Waals surface area contributed by atoms with E-state index < -0.39 is 23.5 Å². The van der Waals surface area contributed by atoms with Crippen LogP contribution in [0.25, 0.3) is 11.0 Å². The Hall–Kier alpha value is -4.32. The summed E-state index contributed by atoms with van der Waals surface area (Å²) < 4.78 is 11.3. The molecule has 34 heavy (non-hydrogen) atoms. The summed E-state index contributed by atoms with van der Waals surface area (Å²) in [5.41, 5.74) is 2.73. The molecule has 0 fully saturated rings. The maximum absolute atomic E-state index is 13.7. The second-order valence-corrected chi connectivity index (χ2v) is 8.10. The average molecular weight is 453 g/mol. The first kappa shape index (κ1) is 21.5. The van der Waals surface area contributed by atoms with Crippen LogP contribution in [-0.2, 0) is 4.79 Å². The van der Waals surface area contributed by atoms with Crippen molar-refractivity contribution >= 4 is 28.3 Å². The zero-order chi connectivity index (χ0) is 23.8. The van der Waals surface area contributed by atoms with E-state index in [-0.39, 0.29) is 11.3 Å². The fraction of sp³-hybridized carbons (Fsp3) is 0.143. The highest BCUT2D eigenvalue weighted by Crippen LogP contribution is 2.43. The molecule has 1 unspecified atom stereocenters.